The molecule has 0 aliphatic heterocycles. The smallest absolute Gasteiger partial charge is 0.319 e. The van der Waals surface area contributed by atoms with E-state index in [2.05, 4.69) is 10.6 Å². The maximum Gasteiger partial charge on any atom is 0.319 e. The zero-order valence-electron chi connectivity index (χ0n) is 12.7. The highest BCUT2D eigenvalue weighted by Crippen LogP contribution is 2.29. The van der Waals surface area contributed by atoms with Crippen LogP contribution in [0.3, 0.4) is 0 Å². The molecule has 0 radical (unpaired) electrons. The molecule has 0 aromatic heterocycles. The maximum atomic E-state index is 11.8. The van der Waals surface area contributed by atoms with E-state index in [0.29, 0.717) is 22.9 Å². The van der Waals surface area contributed by atoms with Crippen molar-refractivity contribution in [3.05, 3.63) is 18.2 Å². The van der Waals surface area contributed by atoms with Crippen LogP contribution in [-0.4, -0.2) is 49.5 Å². The molecule has 7 heteroatoms. The van der Waals surface area contributed by atoms with Crippen molar-refractivity contribution in [3.63, 3.8) is 0 Å². The van der Waals surface area contributed by atoms with Gasteiger partial charge < -0.3 is 25.2 Å². The summed E-state index contributed by atoms with van der Waals surface area (Å²) < 4.78 is 10.3. The van der Waals surface area contributed by atoms with Gasteiger partial charge in [0.05, 0.1) is 19.8 Å². The van der Waals surface area contributed by atoms with Crippen LogP contribution in [0.5, 0.6) is 11.5 Å². The first kappa shape index (κ1) is 17.5. The number of amides is 2. The van der Waals surface area contributed by atoms with Gasteiger partial charge >= 0.3 is 6.03 Å². The minimum Gasteiger partial charge on any atom is -0.493 e. The lowest BCUT2D eigenvalue weighted by molar-refractivity contribution is 0.0876. The van der Waals surface area contributed by atoms with Crippen molar-refractivity contribution in [2.45, 2.75) is 12.5 Å². The number of hydrogen-bond donors (Lipinski definition) is 3. The Hall–Kier alpha value is -1.60. The van der Waals surface area contributed by atoms with Gasteiger partial charge in [0.15, 0.2) is 11.5 Å². The van der Waals surface area contributed by atoms with Gasteiger partial charge in [-0.1, -0.05) is 0 Å². The van der Waals surface area contributed by atoms with Crippen LogP contribution < -0.4 is 20.1 Å². The molecule has 1 rings (SSSR count). The third-order valence-corrected chi connectivity index (χ3v) is 3.64. The molecule has 0 saturated heterocycles. The van der Waals surface area contributed by atoms with E-state index < -0.39 is 5.60 Å². The average Bonchev–Trinajstić information content (AvgIpc) is 2.45. The number of rotatable bonds is 7. The van der Waals surface area contributed by atoms with Gasteiger partial charge in [-0.25, -0.2) is 4.79 Å². The second-order valence-corrected chi connectivity index (χ2v) is 5.67. The number of methoxy groups -OCH3 is 2. The van der Waals surface area contributed by atoms with Crippen molar-refractivity contribution in [3.8, 4) is 11.5 Å². The van der Waals surface area contributed by atoms with E-state index >= 15 is 0 Å². The fourth-order valence-corrected chi connectivity index (χ4v) is 2.45. The number of anilines is 1. The number of nitrogens with one attached hydrogen (secondary N) is 2. The highest BCUT2D eigenvalue weighted by molar-refractivity contribution is 7.98. The molecular formula is C14H22N2O4S. The van der Waals surface area contributed by atoms with Gasteiger partial charge in [0.1, 0.15) is 0 Å². The molecule has 3 N–H and O–H groups in total. The van der Waals surface area contributed by atoms with Crippen LogP contribution in [0.25, 0.3) is 0 Å². The monoisotopic (exact) mass is 314 g/mol. The van der Waals surface area contributed by atoms with E-state index in [-0.39, 0.29) is 12.6 Å². The van der Waals surface area contributed by atoms with Gasteiger partial charge in [0.2, 0.25) is 0 Å². The van der Waals surface area contributed by atoms with Crippen LogP contribution in [0.1, 0.15) is 6.92 Å². The van der Waals surface area contributed by atoms with Crippen molar-refractivity contribution in [2.75, 3.05) is 38.1 Å². The highest BCUT2D eigenvalue weighted by atomic mass is 32.2. The second-order valence-electron chi connectivity index (χ2n) is 4.81. The van der Waals surface area contributed by atoms with Gasteiger partial charge in [-0.05, 0) is 25.3 Å². The minimum absolute atomic E-state index is 0.174. The lowest BCUT2D eigenvalue weighted by atomic mass is 10.1. The zero-order valence-corrected chi connectivity index (χ0v) is 13.5. The summed E-state index contributed by atoms with van der Waals surface area (Å²) in [5.41, 5.74) is -0.358. The van der Waals surface area contributed by atoms with Crippen LogP contribution >= 0.6 is 11.8 Å². The summed E-state index contributed by atoms with van der Waals surface area (Å²) in [5.74, 6) is 1.67. The topological polar surface area (TPSA) is 79.8 Å². The third-order valence-electron chi connectivity index (χ3n) is 2.73. The molecular weight excluding hydrogens is 292 g/mol. The number of carbonyl (C=O) groups excluding carboxylic acids is 1. The minimum atomic E-state index is -0.936. The molecule has 2 amide bonds. The van der Waals surface area contributed by atoms with Crippen LogP contribution in [-0.2, 0) is 0 Å². The van der Waals surface area contributed by atoms with E-state index in [1.807, 2.05) is 6.26 Å². The number of aliphatic hydroxyl groups is 1. The summed E-state index contributed by atoms with van der Waals surface area (Å²) in [6, 6.07) is 4.70. The molecule has 0 unspecified atom stereocenters. The summed E-state index contributed by atoms with van der Waals surface area (Å²) in [6.45, 7) is 1.85. The van der Waals surface area contributed by atoms with Crippen molar-refractivity contribution < 1.29 is 19.4 Å². The molecule has 21 heavy (non-hydrogen) atoms. The summed E-state index contributed by atoms with van der Waals surface area (Å²) >= 11 is 1.52. The molecule has 0 bridgehead atoms. The lowest BCUT2D eigenvalue weighted by Gasteiger charge is -2.22. The number of urea groups is 1. The Bertz CT molecular complexity index is 480. The Morgan fingerprint density at radius 3 is 2.57 bits per heavy atom. The molecule has 1 aromatic rings. The quantitative estimate of drug-likeness (QED) is 0.717. The predicted octanol–water partition coefficient (Wildman–Crippen LogP) is 1.94. The SMILES string of the molecule is COc1ccc(NC(=O)NC[C@@](C)(O)CSC)cc1OC. The Labute approximate surface area is 129 Å². The number of ether oxygens (including phenoxy) is 2. The standard InChI is InChI=1S/C14H22N2O4S/c1-14(18,9-21-4)8-15-13(17)16-10-5-6-11(19-2)12(7-10)20-3/h5-7,18H,8-9H2,1-4H3,(H2,15,16,17)/t14-/m1/s1. The Balaban J connectivity index is 2.59. The van der Waals surface area contributed by atoms with Gasteiger partial charge in [0.25, 0.3) is 0 Å². The predicted molar refractivity (Wildman–Crippen MR) is 85.6 cm³/mol. The molecule has 0 aliphatic rings. The highest BCUT2D eigenvalue weighted by Gasteiger charge is 2.20. The molecule has 0 heterocycles. The van der Waals surface area contributed by atoms with E-state index in [0.717, 1.165) is 0 Å². The summed E-state index contributed by atoms with van der Waals surface area (Å²) in [7, 11) is 3.08. The molecule has 0 aliphatic carbocycles. The first-order valence-corrected chi connectivity index (χ1v) is 7.79. The molecule has 1 aromatic carbocycles. The third kappa shape index (κ3) is 5.73. The molecule has 6 nitrogen and oxygen atoms in total. The number of carbonyl (C=O) groups is 1. The number of thioether (sulfide) groups is 1. The summed E-state index contributed by atoms with van der Waals surface area (Å²) in [5, 5.41) is 15.3. The van der Waals surface area contributed by atoms with Gasteiger partial charge in [-0.2, -0.15) is 11.8 Å². The van der Waals surface area contributed by atoms with Crippen LogP contribution in [0.4, 0.5) is 10.5 Å². The van der Waals surface area contributed by atoms with Gasteiger partial charge in [0, 0.05) is 24.1 Å². The molecule has 1 atom stereocenters. The van der Waals surface area contributed by atoms with Crippen molar-refractivity contribution in [1.29, 1.82) is 0 Å². The first-order valence-electron chi connectivity index (χ1n) is 6.40. The fourth-order valence-electron chi connectivity index (χ4n) is 1.72. The maximum absolute atomic E-state index is 11.8. The van der Waals surface area contributed by atoms with E-state index in [1.165, 1.54) is 18.9 Å². The van der Waals surface area contributed by atoms with Crippen LogP contribution in [0, 0.1) is 0 Å². The van der Waals surface area contributed by atoms with E-state index in [4.69, 9.17) is 9.47 Å². The average molecular weight is 314 g/mol. The largest absolute Gasteiger partial charge is 0.493 e. The molecule has 118 valence electrons. The fraction of sp³-hybridized carbons (Fsp3) is 0.500. The van der Waals surface area contributed by atoms with Gasteiger partial charge in [-0.3, -0.25) is 0 Å². The molecule has 0 spiro atoms. The Kier molecular flexibility index (Phi) is 6.64. The first-order chi connectivity index (χ1) is 9.91. The number of benzene rings is 1. The van der Waals surface area contributed by atoms with E-state index in [9.17, 15) is 9.90 Å². The second kappa shape index (κ2) is 7.99. The summed E-state index contributed by atoms with van der Waals surface area (Å²) in [6.07, 6.45) is 1.90. The number of hydrogen-bond acceptors (Lipinski definition) is 5. The Morgan fingerprint density at radius 1 is 1.33 bits per heavy atom. The van der Waals surface area contributed by atoms with Crippen LogP contribution in [0.2, 0.25) is 0 Å². The van der Waals surface area contributed by atoms with Crippen molar-refractivity contribution >= 4 is 23.5 Å². The zero-order chi connectivity index (χ0) is 15.9. The molecule has 0 fully saturated rings. The van der Waals surface area contributed by atoms with Crippen molar-refractivity contribution in [1.82, 2.24) is 5.32 Å². The van der Waals surface area contributed by atoms with Gasteiger partial charge in [-0.15, -0.1) is 0 Å². The van der Waals surface area contributed by atoms with E-state index in [1.54, 1.807) is 32.2 Å². The molecule has 0 saturated carbocycles. The van der Waals surface area contributed by atoms with Crippen molar-refractivity contribution in [2.24, 2.45) is 0 Å². The van der Waals surface area contributed by atoms with Crippen LogP contribution in [0.15, 0.2) is 18.2 Å². The normalized spacial score (nSPS) is 13.2. The summed E-state index contributed by atoms with van der Waals surface area (Å²) in [4.78, 5) is 11.8. The lowest BCUT2D eigenvalue weighted by Crippen LogP contribution is -2.43. The Morgan fingerprint density at radius 2 is 2.00 bits per heavy atom.